The topological polar surface area (TPSA) is 41.6 Å². The Bertz CT molecular complexity index is 165. The lowest BCUT2D eigenvalue weighted by molar-refractivity contribution is -0.127. The lowest BCUT2D eigenvalue weighted by Gasteiger charge is -2.13. The largest absolute Gasteiger partial charge is 0.377 e. The van der Waals surface area contributed by atoms with Gasteiger partial charge in [-0.1, -0.05) is 0 Å². The van der Waals surface area contributed by atoms with Gasteiger partial charge >= 0.3 is 0 Å². The van der Waals surface area contributed by atoms with Crippen LogP contribution in [0.3, 0.4) is 0 Å². The molecule has 0 saturated carbocycles. The van der Waals surface area contributed by atoms with Crippen LogP contribution in [-0.2, 0) is 9.53 Å². The number of carbonyl (C=O) groups is 1. The molecule has 0 unspecified atom stereocenters. The zero-order chi connectivity index (χ0) is 9.68. The maximum absolute atomic E-state index is 11.1. The van der Waals surface area contributed by atoms with Crippen LogP contribution in [0.1, 0.15) is 12.8 Å². The summed E-state index contributed by atoms with van der Waals surface area (Å²) < 4.78 is 5.41. The number of likely N-dealkylation sites (N-methyl/N-ethyl adjacent to an activating group) is 1. The summed E-state index contributed by atoms with van der Waals surface area (Å²) in [5.41, 5.74) is 0. The Morgan fingerprint density at radius 3 is 2.92 bits per heavy atom. The molecule has 1 heterocycles. The summed E-state index contributed by atoms with van der Waals surface area (Å²) in [6, 6.07) is 0. The maximum atomic E-state index is 11.1. The zero-order valence-electron chi connectivity index (χ0n) is 8.38. The van der Waals surface area contributed by atoms with E-state index in [4.69, 9.17) is 4.74 Å². The van der Waals surface area contributed by atoms with E-state index in [0.29, 0.717) is 12.6 Å². The molecule has 0 aromatic rings. The van der Waals surface area contributed by atoms with Gasteiger partial charge in [0.2, 0.25) is 5.91 Å². The minimum Gasteiger partial charge on any atom is -0.377 e. The monoisotopic (exact) mass is 186 g/mol. The fourth-order valence-electron chi connectivity index (χ4n) is 1.30. The van der Waals surface area contributed by atoms with E-state index in [1.54, 1.807) is 19.0 Å². The molecule has 0 aromatic heterocycles. The molecule has 0 radical (unpaired) electrons. The minimum absolute atomic E-state index is 0.109. The lowest BCUT2D eigenvalue weighted by atomic mass is 10.2. The molecule has 4 heteroatoms. The van der Waals surface area contributed by atoms with Gasteiger partial charge in [-0.15, -0.1) is 0 Å². The lowest BCUT2D eigenvalue weighted by Crippen LogP contribution is -2.36. The third kappa shape index (κ3) is 3.74. The SMILES string of the molecule is CN(C)C(=O)CNC[C@@H]1CCCO1. The molecule has 1 atom stereocenters. The van der Waals surface area contributed by atoms with E-state index < -0.39 is 0 Å². The fourth-order valence-corrected chi connectivity index (χ4v) is 1.30. The molecule has 76 valence electrons. The van der Waals surface area contributed by atoms with Crippen LogP contribution in [0.4, 0.5) is 0 Å². The van der Waals surface area contributed by atoms with E-state index in [9.17, 15) is 4.79 Å². The van der Waals surface area contributed by atoms with E-state index in [2.05, 4.69) is 5.32 Å². The summed E-state index contributed by atoms with van der Waals surface area (Å²) >= 11 is 0. The molecule has 1 aliphatic rings. The van der Waals surface area contributed by atoms with Crippen LogP contribution in [-0.4, -0.2) is 50.7 Å². The first-order valence-electron chi connectivity index (χ1n) is 4.72. The zero-order valence-corrected chi connectivity index (χ0v) is 8.38. The predicted octanol–water partition coefficient (Wildman–Crippen LogP) is -0.157. The van der Waals surface area contributed by atoms with Crippen LogP contribution >= 0.6 is 0 Å². The van der Waals surface area contributed by atoms with E-state index in [-0.39, 0.29) is 5.91 Å². The first-order chi connectivity index (χ1) is 6.20. The summed E-state index contributed by atoms with van der Waals surface area (Å²) in [5.74, 6) is 0.109. The number of hydrogen-bond donors (Lipinski definition) is 1. The highest BCUT2D eigenvalue weighted by atomic mass is 16.5. The van der Waals surface area contributed by atoms with Gasteiger partial charge in [-0.05, 0) is 12.8 Å². The van der Waals surface area contributed by atoms with Crippen molar-refractivity contribution in [2.75, 3.05) is 33.8 Å². The first kappa shape index (κ1) is 10.5. The fraction of sp³-hybridized carbons (Fsp3) is 0.889. The standard InChI is InChI=1S/C9H18N2O2/c1-11(2)9(12)7-10-6-8-4-3-5-13-8/h8,10H,3-7H2,1-2H3/t8-/m0/s1. The first-order valence-corrected chi connectivity index (χ1v) is 4.72. The van der Waals surface area contributed by atoms with Crippen molar-refractivity contribution in [3.63, 3.8) is 0 Å². The van der Waals surface area contributed by atoms with E-state index in [1.807, 2.05) is 0 Å². The summed E-state index contributed by atoms with van der Waals surface area (Å²) in [7, 11) is 3.52. The third-order valence-corrected chi connectivity index (χ3v) is 2.17. The summed E-state index contributed by atoms with van der Waals surface area (Å²) in [4.78, 5) is 12.7. The van der Waals surface area contributed by atoms with Crippen molar-refractivity contribution in [2.24, 2.45) is 0 Å². The summed E-state index contributed by atoms with van der Waals surface area (Å²) in [5, 5.41) is 3.09. The average Bonchev–Trinajstić information content (AvgIpc) is 2.56. The van der Waals surface area contributed by atoms with Crippen LogP contribution in [0.5, 0.6) is 0 Å². The van der Waals surface area contributed by atoms with Crippen molar-refractivity contribution in [1.82, 2.24) is 10.2 Å². The second-order valence-electron chi connectivity index (χ2n) is 3.55. The maximum Gasteiger partial charge on any atom is 0.236 e. The van der Waals surface area contributed by atoms with Crippen molar-refractivity contribution in [1.29, 1.82) is 0 Å². The van der Waals surface area contributed by atoms with Crippen LogP contribution < -0.4 is 5.32 Å². The molecule has 1 amide bonds. The third-order valence-electron chi connectivity index (χ3n) is 2.17. The second-order valence-corrected chi connectivity index (χ2v) is 3.55. The number of amides is 1. The van der Waals surface area contributed by atoms with E-state index in [1.165, 1.54) is 0 Å². The quantitative estimate of drug-likeness (QED) is 0.663. The number of nitrogens with zero attached hydrogens (tertiary/aromatic N) is 1. The van der Waals surface area contributed by atoms with Crippen LogP contribution in [0.15, 0.2) is 0 Å². The normalized spacial score (nSPS) is 21.8. The Balaban J connectivity index is 2.03. The molecule has 0 spiro atoms. The Labute approximate surface area is 79.2 Å². The molecule has 1 fully saturated rings. The molecule has 0 aliphatic carbocycles. The number of hydrogen-bond acceptors (Lipinski definition) is 3. The van der Waals surface area contributed by atoms with Crippen LogP contribution in [0.2, 0.25) is 0 Å². The number of rotatable bonds is 4. The molecule has 4 nitrogen and oxygen atoms in total. The van der Waals surface area contributed by atoms with E-state index >= 15 is 0 Å². The smallest absolute Gasteiger partial charge is 0.236 e. The molecule has 1 N–H and O–H groups in total. The van der Waals surface area contributed by atoms with Crippen molar-refractivity contribution < 1.29 is 9.53 Å². The van der Waals surface area contributed by atoms with Gasteiger partial charge in [0.15, 0.2) is 0 Å². The number of carbonyl (C=O) groups excluding carboxylic acids is 1. The number of ether oxygens (including phenoxy) is 1. The Morgan fingerprint density at radius 1 is 1.62 bits per heavy atom. The Kier molecular flexibility index (Phi) is 4.18. The highest BCUT2D eigenvalue weighted by molar-refractivity contribution is 5.77. The molecule has 1 rings (SSSR count). The summed E-state index contributed by atoms with van der Waals surface area (Å²) in [6.45, 7) is 2.07. The van der Waals surface area contributed by atoms with Crippen molar-refractivity contribution in [3.05, 3.63) is 0 Å². The van der Waals surface area contributed by atoms with Gasteiger partial charge in [-0.3, -0.25) is 4.79 Å². The summed E-state index contributed by atoms with van der Waals surface area (Å²) in [6.07, 6.45) is 2.58. The molecular formula is C9H18N2O2. The van der Waals surface area contributed by atoms with Crippen molar-refractivity contribution >= 4 is 5.91 Å². The second kappa shape index (κ2) is 5.19. The minimum atomic E-state index is 0.109. The van der Waals surface area contributed by atoms with Crippen LogP contribution in [0.25, 0.3) is 0 Å². The van der Waals surface area contributed by atoms with Crippen LogP contribution in [0, 0.1) is 0 Å². The molecule has 1 aliphatic heterocycles. The van der Waals surface area contributed by atoms with Gasteiger partial charge in [-0.2, -0.15) is 0 Å². The molecule has 0 aromatic carbocycles. The molecule has 13 heavy (non-hydrogen) atoms. The Hall–Kier alpha value is -0.610. The molecule has 0 bridgehead atoms. The van der Waals surface area contributed by atoms with Gasteiger partial charge in [0, 0.05) is 27.2 Å². The number of nitrogens with one attached hydrogen (secondary N) is 1. The van der Waals surface area contributed by atoms with Gasteiger partial charge in [0.1, 0.15) is 0 Å². The van der Waals surface area contributed by atoms with Gasteiger partial charge in [-0.25, -0.2) is 0 Å². The average molecular weight is 186 g/mol. The highest BCUT2D eigenvalue weighted by Gasteiger charge is 2.15. The predicted molar refractivity (Wildman–Crippen MR) is 50.5 cm³/mol. The highest BCUT2D eigenvalue weighted by Crippen LogP contribution is 2.10. The van der Waals surface area contributed by atoms with Gasteiger partial charge in [0.25, 0.3) is 0 Å². The molecule has 1 saturated heterocycles. The van der Waals surface area contributed by atoms with Gasteiger partial charge in [0.05, 0.1) is 12.6 Å². The van der Waals surface area contributed by atoms with Gasteiger partial charge < -0.3 is 15.0 Å². The van der Waals surface area contributed by atoms with E-state index in [0.717, 1.165) is 26.0 Å². The molecular weight excluding hydrogens is 168 g/mol. The van der Waals surface area contributed by atoms with Crippen molar-refractivity contribution in [3.8, 4) is 0 Å². The Morgan fingerprint density at radius 2 is 2.38 bits per heavy atom. The van der Waals surface area contributed by atoms with Crippen molar-refractivity contribution in [2.45, 2.75) is 18.9 Å².